The van der Waals surface area contributed by atoms with Crippen molar-refractivity contribution >= 4 is 33.5 Å². The second-order valence-corrected chi connectivity index (χ2v) is 4.26. The Balaban J connectivity index is 2.75. The molecule has 0 heterocycles. The molecule has 0 aliphatic carbocycles. The first kappa shape index (κ1) is 14.6. The van der Waals surface area contributed by atoms with E-state index in [2.05, 4.69) is 26.0 Å². The number of carbonyl (C=O) groups is 2. The minimum atomic E-state index is -1.48. The zero-order valence-corrected chi connectivity index (χ0v) is 11.2. The molecule has 0 aliphatic rings. The molecule has 5 nitrogen and oxygen atoms in total. The molecule has 0 bridgehead atoms. The normalized spacial score (nSPS) is 11.8. The largest absolute Gasteiger partial charge is 0.464 e. The Morgan fingerprint density at radius 3 is 2.83 bits per heavy atom. The second-order valence-electron chi connectivity index (χ2n) is 3.34. The summed E-state index contributed by atoms with van der Waals surface area (Å²) in [5, 5.41) is 2.22. The molecule has 0 saturated heterocycles. The molecule has 1 amide bonds. The number of esters is 1. The van der Waals surface area contributed by atoms with Crippen molar-refractivity contribution < 1.29 is 18.7 Å². The zero-order valence-electron chi connectivity index (χ0n) is 9.57. The van der Waals surface area contributed by atoms with E-state index in [1.54, 1.807) is 6.92 Å². The van der Waals surface area contributed by atoms with Crippen LogP contribution in [0.5, 0.6) is 0 Å². The molecule has 18 heavy (non-hydrogen) atoms. The highest BCUT2D eigenvalue weighted by Gasteiger charge is 2.24. The van der Waals surface area contributed by atoms with E-state index in [9.17, 15) is 14.0 Å². The Hall–Kier alpha value is -1.47. The molecule has 1 atom stereocenters. The van der Waals surface area contributed by atoms with Gasteiger partial charge in [0.15, 0.2) is 6.04 Å². The van der Waals surface area contributed by atoms with Gasteiger partial charge in [-0.25, -0.2) is 9.18 Å². The Bertz CT molecular complexity index is 468. The molecule has 1 unspecified atom stereocenters. The number of nitrogens with two attached hydrogens (primary N) is 1. The number of nitrogens with one attached hydrogen (secondary N) is 1. The molecule has 0 aliphatic heterocycles. The van der Waals surface area contributed by atoms with E-state index >= 15 is 0 Å². The van der Waals surface area contributed by atoms with Crippen molar-refractivity contribution in [2.75, 3.05) is 11.9 Å². The number of halogens is 2. The number of ether oxygens (including phenoxy) is 1. The molecular formula is C11H12BrFN2O3. The summed E-state index contributed by atoms with van der Waals surface area (Å²) >= 11 is 3.14. The summed E-state index contributed by atoms with van der Waals surface area (Å²) in [6.45, 7) is 1.71. The number of carbonyl (C=O) groups excluding carboxylic acids is 2. The van der Waals surface area contributed by atoms with Crippen LogP contribution in [0.2, 0.25) is 0 Å². The first-order valence-corrected chi connectivity index (χ1v) is 5.93. The maximum absolute atomic E-state index is 13.3. The van der Waals surface area contributed by atoms with E-state index < -0.39 is 23.7 Å². The van der Waals surface area contributed by atoms with Gasteiger partial charge < -0.3 is 15.8 Å². The van der Waals surface area contributed by atoms with Crippen molar-refractivity contribution in [3.05, 3.63) is 28.5 Å². The lowest BCUT2D eigenvalue weighted by atomic mass is 10.2. The summed E-state index contributed by atoms with van der Waals surface area (Å²) in [7, 11) is 0. The SMILES string of the molecule is CCOC(=O)C(N)C(=O)Nc1cc(Br)ccc1F. The first-order valence-electron chi connectivity index (χ1n) is 5.13. The van der Waals surface area contributed by atoms with Crippen molar-refractivity contribution in [3.8, 4) is 0 Å². The third-order valence-corrected chi connectivity index (χ3v) is 2.50. The van der Waals surface area contributed by atoms with Crippen molar-refractivity contribution in [3.63, 3.8) is 0 Å². The van der Waals surface area contributed by atoms with Crippen molar-refractivity contribution in [1.29, 1.82) is 0 Å². The molecule has 0 fully saturated rings. The molecule has 0 saturated carbocycles. The number of hydrogen-bond donors (Lipinski definition) is 2. The third kappa shape index (κ3) is 3.78. The average molecular weight is 319 g/mol. The van der Waals surface area contributed by atoms with E-state index in [1.165, 1.54) is 18.2 Å². The fourth-order valence-electron chi connectivity index (χ4n) is 1.14. The number of rotatable bonds is 4. The third-order valence-electron chi connectivity index (χ3n) is 2.01. The zero-order chi connectivity index (χ0) is 13.7. The van der Waals surface area contributed by atoms with Gasteiger partial charge in [0.25, 0.3) is 5.91 Å². The van der Waals surface area contributed by atoms with Gasteiger partial charge in [-0.3, -0.25) is 4.79 Å². The van der Waals surface area contributed by atoms with E-state index in [0.29, 0.717) is 4.47 Å². The molecule has 0 radical (unpaired) electrons. The highest BCUT2D eigenvalue weighted by atomic mass is 79.9. The van der Waals surface area contributed by atoms with Gasteiger partial charge >= 0.3 is 5.97 Å². The predicted molar refractivity (Wildman–Crippen MR) is 67.3 cm³/mol. The Labute approximate surface area is 112 Å². The first-order chi connectivity index (χ1) is 8.45. The van der Waals surface area contributed by atoms with Crippen LogP contribution in [0.25, 0.3) is 0 Å². The number of hydrogen-bond acceptors (Lipinski definition) is 4. The van der Waals surface area contributed by atoms with Crippen LogP contribution in [-0.4, -0.2) is 24.5 Å². The summed E-state index contributed by atoms with van der Waals surface area (Å²) in [5.74, 6) is -2.31. The highest BCUT2D eigenvalue weighted by Crippen LogP contribution is 2.20. The maximum atomic E-state index is 13.3. The summed E-state index contributed by atoms with van der Waals surface area (Å²) in [5.41, 5.74) is 5.30. The molecular weight excluding hydrogens is 307 g/mol. The molecule has 7 heteroatoms. The highest BCUT2D eigenvalue weighted by molar-refractivity contribution is 9.10. The van der Waals surface area contributed by atoms with E-state index in [4.69, 9.17) is 5.73 Å². The maximum Gasteiger partial charge on any atom is 0.332 e. The van der Waals surface area contributed by atoms with E-state index in [1.807, 2.05) is 0 Å². The van der Waals surface area contributed by atoms with E-state index in [-0.39, 0.29) is 12.3 Å². The number of amides is 1. The molecule has 0 aromatic heterocycles. The molecule has 98 valence electrons. The summed E-state index contributed by atoms with van der Waals surface area (Å²) in [4.78, 5) is 22.8. The van der Waals surface area contributed by atoms with Crippen LogP contribution in [0.4, 0.5) is 10.1 Å². The van der Waals surface area contributed by atoms with E-state index in [0.717, 1.165) is 0 Å². The van der Waals surface area contributed by atoms with Gasteiger partial charge in [0, 0.05) is 4.47 Å². The van der Waals surface area contributed by atoms with Crippen LogP contribution in [0.1, 0.15) is 6.92 Å². The molecule has 1 rings (SSSR count). The topological polar surface area (TPSA) is 81.4 Å². The van der Waals surface area contributed by atoms with Crippen molar-refractivity contribution in [2.24, 2.45) is 5.73 Å². The monoisotopic (exact) mass is 318 g/mol. The quantitative estimate of drug-likeness (QED) is 0.649. The van der Waals surface area contributed by atoms with Crippen LogP contribution in [-0.2, 0) is 14.3 Å². The summed E-state index contributed by atoms with van der Waals surface area (Å²) in [6.07, 6.45) is 0. The Morgan fingerprint density at radius 2 is 2.22 bits per heavy atom. The number of benzene rings is 1. The minimum absolute atomic E-state index is 0.0610. The van der Waals surface area contributed by atoms with Crippen LogP contribution < -0.4 is 11.1 Å². The summed E-state index contributed by atoms with van der Waals surface area (Å²) in [6, 6.07) is 2.54. The van der Waals surface area contributed by atoms with Gasteiger partial charge in [-0.1, -0.05) is 15.9 Å². The second kappa shape index (κ2) is 6.46. The standard InChI is InChI=1S/C11H12BrFN2O3/c1-2-18-11(17)9(14)10(16)15-8-5-6(12)3-4-7(8)13/h3-5,9H,2,14H2,1H3,(H,15,16). The average Bonchev–Trinajstić information content (AvgIpc) is 2.33. The van der Waals surface area contributed by atoms with Crippen molar-refractivity contribution in [1.82, 2.24) is 0 Å². The molecule has 1 aromatic rings. The van der Waals surface area contributed by atoms with Gasteiger partial charge in [-0.05, 0) is 25.1 Å². The number of anilines is 1. The Kier molecular flexibility index (Phi) is 5.24. The lowest BCUT2D eigenvalue weighted by molar-refractivity contribution is -0.146. The fraction of sp³-hybridized carbons (Fsp3) is 0.273. The lowest BCUT2D eigenvalue weighted by Crippen LogP contribution is -2.43. The van der Waals surface area contributed by atoms with Crippen LogP contribution in [0.15, 0.2) is 22.7 Å². The van der Waals surface area contributed by atoms with Gasteiger partial charge in [0.2, 0.25) is 0 Å². The lowest BCUT2D eigenvalue weighted by Gasteiger charge is -2.11. The van der Waals surface area contributed by atoms with Gasteiger partial charge in [0.05, 0.1) is 12.3 Å². The fourth-order valence-corrected chi connectivity index (χ4v) is 1.50. The molecule has 1 aromatic carbocycles. The van der Waals surface area contributed by atoms with Gasteiger partial charge in [0.1, 0.15) is 5.82 Å². The van der Waals surface area contributed by atoms with Crippen LogP contribution in [0.3, 0.4) is 0 Å². The Morgan fingerprint density at radius 1 is 1.56 bits per heavy atom. The summed E-state index contributed by atoms with van der Waals surface area (Å²) < 4.78 is 18.5. The van der Waals surface area contributed by atoms with Gasteiger partial charge in [-0.2, -0.15) is 0 Å². The van der Waals surface area contributed by atoms with Crippen molar-refractivity contribution in [2.45, 2.75) is 13.0 Å². The van der Waals surface area contributed by atoms with Crippen LogP contribution in [0, 0.1) is 5.82 Å². The smallest absolute Gasteiger partial charge is 0.332 e. The van der Waals surface area contributed by atoms with Gasteiger partial charge in [-0.15, -0.1) is 0 Å². The molecule has 3 N–H and O–H groups in total. The molecule has 0 spiro atoms. The minimum Gasteiger partial charge on any atom is -0.464 e. The van der Waals surface area contributed by atoms with Crippen LogP contribution >= 0.6 is 15.9 Å². The predicted octanol–water partition coefficient (Wildman–Crippen LogP) is 1.42.